The lowest BCUT2D eigenvalue weighted by atomic mass is 10.1. The van der Waals surface area contributed by atoms with E-state index in [0.717, 1.165) is 6.07 Å². The van der Waals surface area contributed by atoms with E-state index in [9.17, 15) is 22.8 Å². The van der Waals surface area contributed by atoms with Crippen molar-refractivity contribution in [3.63, 3.8) is 0 Å². The first kappa shape index (κ1) is 16.0. The first-order chi connectivity index (χ1) is 9.24. The van der Waals surface area contributed by atoms with E-state index in [1.165, 1.54) is 6.07 Å². The van der Waals surface area contributed by atoms with Crippen LogP contribution in [0, 0.1) is 0 Å². The molecule has 0 amide bonds. The standard InChI is InChI=1S/C13H13F3O4/c1-8(2)20-12(18)7-19-11-4-3-9(6-17)5-10(11)13(14,15)16/h3-6,8H,7H2,1-2H3. The molecule has 0 saturated heterocycles. The third-order valence-electron chi connectivity index (χ3n) is 2.16. The fourth-order valence-electron chi connectivity index (χ4n) is 1.40. The molecule has 1 rings (SSSR count). The third-order valence-corrected chi connectivity index (χ3v) is 2.16. The van der Waals surface area contributed by atoms with Crippen LogP contribution in [0.1, 0.15) is 29.8 Å². The molecule has 0 saturated carbocycles. The van der Waals surface area contributed by atoms with Gasteiger partial charge in [-0.15, -0.1) is 0 Å². The number of aldehydes is 1. The number of benzene rings is 1. The van der Waals surface area contributed by atoms with Crippen molar-refractivity contribution in [2.45, 2.75) is 26.1 Å². The molecule has 0 atom stereocenters. The summed E-state index contributed by atoms with van der Waals surface area (Å²) < 4.78 is 47.9. The van der Waals surface area contributed by atoms with E-state index in [0.29, 0.717) is 12.4 Å². The summed E-state index contributed by atoms with van der Waals surface area (Å²) in [6.07, 6.45) is -4.77. The van der Waals surface area contributed by atoms with Gasteiger partial charge < -0.3 is 9.47 Å². The van der Waals surface area contributed by atoms with Gasteiger partial charge in [0, 0.05) is 5.56 Å². The highest BCUT2D eigenvalue weighted by Gasteiger charge is 2.34. The number of esters is 1. The molecule has 1 aromatic rings. The fourth-order valence-corrected chi connectivity index (χ4v) is 1.40. The zero-order valence-corrected chi connectivity index (χ0v) is 10.9. The SMILES string of the molecule is CC(C)OC(=O)COc1ccc(C=O)cc1C(F)(F)F. The van der Waals surface area contributed by atoms with Crippen LogP contribution in [0.5, 0.6) is 5.75 Å². The molecule has 20 heavy (non-hydrogen) atoms. The Balaban J connectivity index is 2.89. The molecule has 110 valence electrons. The van der Waals surface area contributed by atoms with E-state index in [1.807, 2.05) is 0 Å². The van der Waals surface area contributed by atoms with Gasteiger partial charge in [0.2, 0.25) is 0 Å². The Bertz CT molecular complexity index is 495. The number of halogens is 3. The molecule has 0 aliphatic heterocycles. The molecular formula is C13H13F3O4. The molecule has 0 radical (unpaired) electrons. The number of carbonyl (C=O) groups excluding carboxylic acids is 2. The van der Waals surface area contributed by atoms with Gasteiger partial charge in [-0.2, -0.15) is 13.2 Å². The molecule has 0 bridgehead atoms. The predicted octanol–water partition coefficient (Wildman–Crippen LogP) is 2.85. The summed E-state index contributed by atoms with van der Waals surface area (Å²) in [5.41, 5.74) is -1.24. The van der Waals surface area contributed by atoms with Crippen LogP contribution in [0.25, 0.3) is 0 Å². The molecule has 0 spiro atoms. The second-order valence-electron chi connectivity index (χ2n) is 4.20. The molecule has 0 aliphatic rings. The van der Waals surface area contributed by atoms with Crippen LogP contribution in [-0.4, -0.2) is 25.0 Å². The Morgan fingerprint density at radius 3 is 2.50 bits per heavy atom. The second-order valence-corrected chi connectivity index (χ2v) is 4.20. The van der Waals surface area contributed by atoms with Gasteiger partial charge in [0.05, 0.1) is 11.7 Å². The highest BCUT2D eigenvalue weighted by atomic mass is 19.4. The monoisotopic (exact) mass is 290 g/mol. The molecule has 0 aromatic heterocycles. The lowest BCUT2D eigenvalue weighted by molar-refractivity contribution is -0.151. The maximum absolute atomic E-state index is 12.8. The normalized spacial score (nSPS) is 11.3. The number of hydrogen-bond donors (Lipinski definition) is 0. The number of carbonyl (C=O) groups is 2. The van der Waals surface area contributed by atoms with Gasteiger partial charge in [0.25, 0.3) is 0 Å². The van der Waals surface area contributed by atoms with Crippen LogP contribution >= 0.6 is 0 Å². The van der Waals surface area contributed by atoms with Gasteiger partial charge in [0.15, 0.2) is 6.61 Å². The number of hydrogen-bond acceptors (Lipinski definition) is 4. The van der Waals surface area contributed by atoms with E-state index < -0.39 is 30.1 Å². The molecule has 7 heteroatoms. The average molecular weight is 290 g/mol. The predicted molar refractivity (Wildman–Crippen MR) is 63.6 cm³/mol. The van der Waals surface area contributed by atoms with Crippen molar-refractivity contribution in [2.75, 3.05) is 6.61 Å². The first-order valence-electron chi connectivity index (χ1n) is 5.72. The van der Waals surface area contributed by atoms with E-state index in [4.69, 9.17) is 9.47 Å². The summed E-state index contributed by atoms with van der Waals surface area (Å²) >= 11 is 0. The minimum Gasteiger partial charge on any atom is -0.481 e. The number of ether oxygens (including phenoxy) is 2. The van der Waals surface area contributed by atoms with E-state index >= 15 is 0 Å². The van der Waals surface area contributed by atoms with Gasteiger partial charge >= 0.3 is 12.1 Å². The van der Waals surface area contributed by atoms with Crippen molar-refractivity contribution in [2.24, 2.45) is 0 Å². The summed E-state index contributed by atoms with van der Waals surface area (Å²) in [6, 6.07) is 2.83. The van der Waals surface area contributed by atoms with Crippen LogP contribution in [0.2, 0.25) is 0 Å². The topological polar surface area (TPSA) is 52.6 Å². The van der Waals surface area contributed by atoms with Gasteiger partial charge in [-0.25, -0.2) is 4.79 Å². The van der Waals surface area contributed by atoms with Crippen LogP contribution in [0.3, 0.4) is 0 Å². The highest BCUT2D eigenvalue weighted by molar-refractivity contribution is 5.76. The van der Waals surface area contributed by atoms with Gasteiger partial charge in [-0.3, -0.25) is 4.79 Å². The van der Waals surface area contributed by atoms with Crippen molar-refractivity contribution >= 4 is 12.3 Å². The molecule has 0 heterocycles. The lowest BCUT2D eigenvalue weighted by Gasteiger charge is -2.14. The molecule has 0 aliphatic carbocycles. The minimum absolute atomic E-state index is 0.130. The van der Waals surface area contributed by atoms with E-state index in [-0.39, 0.29) is 11.7 Å². The van der Waals surface area contributed by atoms with Gasteiger partial charge in [0.1, 0.15) is 12.0 Å². The molecule has 0 fully saturated rings. The zero-order chi connectivity index (χ0) is 15.3. The zero-order valence-electron chi connectivity index (χ0n) is 10.9. The highest BCUT2D eigenvalue weighted by Crippen LogP contribution is 2.36. The fraction of sp³-hybridized carbons (Fsp3) is 0.385. The number of alkyl halides is 3. The van der Waals surface area contributed by atoms with Crippen LogP contribution in [0.4, 0.5) is 13.2 Å². The van der Waals surface area contributed by atoms with Crippen molar-refractivity contribution in [3.05, 3.63) is 29.3 Å². The Morgan fingerprint density at radius 2 is 2.00 bits per heavy atom. The summed E-state index contributed by atoms with van der Waals surface area (Å²) in [5.74, 6) is -1.30. The minimum atomic E-state index is -4.68. The summed E-state index contributed by atoms with van der Waals surface area (Å²) in [5, 5.41) is 0. The third kappa shape index (κ3) is 4.56. The molecule has 4 nitrogen and oxygen atoms in total. The summed E-state index contributed by atoms with van der Waals surface area (Å²) in [6.45, 7) is 2.58. The van der Waals surface area contributed by atoms with Crippen molar-refractivity contribution < 1.29 is 32.2 Å². The molecule has 1 aromatic carbocycles. The quantitative estimate of drug-likeness (QED) is 0.618. The van der Waals surface area contributed by atoms with Gasteiger partial charge in [-0.1, -0.05) is 0 Å². The maximum Gasteiger partial charge on any atom is 0.419 e. The van der Waals surface area contributed by atoms with Crippen molar-refractivity contribution in [1.29, 1.82) is 0 Å². The summed E-state index contributed by atoms with van der Waals surface area (Å²) in [4.78, 5) is 21.7. The van der Waals surface area contributed by atoms with Crippen LogP contribution in [-0.2, 0) is 15.7 Å². The Kier molecular flexibility index (Phi) is 5.12. The first-order valence-corrected chi connectivity index (χ1v) is 5.72. The van der Waals surface area contributed by atoms with E-state index in [1.54, 1.807) is 13.8 Å². The molecule has 0 N–H and O–H groups in total. The largest absolute Gasteiger partial charge is 0.481 e. The van der Waals surface area contributed by atoms with Crippen molar-refractivity contribution in [3.8, 4) is 5.75 Å². The van der Waals surface area contributed by atoms with Crippen LogP contribution in [0.15, 0.2) is 18.2 Å². The molecular weight excluding hydrogens is 277 g/mol. The Morgan fingerprint density at radius 1 is 1.35 bits per heavy atom. The van der Waals surface area contributed by atoms with Crippen molar-refractivity contribution in [1.82, 2.24) is 0 Å². The van der Waals surface area contributed by atoms with Crippen LogP contribution < -0.4 is 4.74 Å². The van der Waals surface area contributed by atoms with Gasteiger partial charge in [-0.05, 0) is 32.0 Å². The Labute approximate surface area is 113 Å². The molecule has 0 unspecified atom stereocenters. The summed E-state index contributed by atoms with van der Waals surface area (Å²) in [7, 11) is 0. The average Bonchev–Trinajstić information content (AvgIpc) is 2.34. The Hall–Kier alpha value is -2.05. The lowest BCUT2D eigenvalue weighted by Crippen LogP contribution is -2.20. The van der Waals surface area contributed by atoms with E-state index in [2.05, 4.69) is 0 Å². The second kappa shape index (κ2) is 6.40. The maximum atomic E-state index is 12.8. The smallest absolute Gasteiger partial charge is 0.419 e. The number of rotatable bonds is 5.